The predicted molar refractivity (Wildman–Crippen MR) is 153 cm³/mol. The van der Waals surface area contributed by atoms with Crippen LogP contribution in [0.25, 0.3) is 11.0 Å². The highest BCUT2D eigenvalue weighted by Gasteiger charge is 2.17. The Morgan fingerprint density at radius 1 is 1.05 bits per heavy atom. The van der Waals surface area contributed by atoms with Crippen LogP contribution in [0.4, 0.5) is 11.6 Å². The molecule has 0 aliphatic heterocycles. The molecular formula is C28H26Cl2N8O2. The number of aromatic nitrogens is 6. The summed E-state index contributed by atoms with van der Waals surface area (Å²) in [6.45, 7) is 0.491. The predicted octanol–water partition coefficient (Wildman–Crippen LogP) is 5.65. The number of hydrogen-bond acceptors (Lipinski definition) is 6. The third kappa shape index (κ3) is 5.45. The zero-order valence-electron chi connectivity index (χ0n) is 21.6. The van der Waals surface area contributed by atoms with E-state index < -0.39 is 0 Å². The molecule has 12 heteroatoms. The van der Waals surface area contributed by atoms with Crippen LogP contribution < -0.4 is 15.7 Å². The zero-order valence-corrected chi connectivity index (χ0v) is 23.2. The summed E-state index contributed by atoms with van der Waals surface area (Å²) in [5.74, 6) is 0.721. The van der Waals surface area contributed by atoms with Gasteiger partial charge in [0, 0.05) is 12.6 Å². The number of amides is 1. The first kappa shape index (κ1) is 26.1. The summed E-state index contributed by atoms with van der Waals surface area (Å²) in [5.41, 5.74) is 4.74. The number of carbonyl (C=O) groups is 1. The van der Waals surface area contributed by atoms with Gasteiger partial charge < -0.3 is 13.9 Å². The molecule has 2 heterocycles. The topological polar surface area (TPSA) is 115 Å². The average Bonchev–Trinajstić information content (AvgIpc) is 3.71. The number of carbonyl (C=O) groups excluding carboxylic acids is 1. The van der Waals surface area contributed by atoms with E-state index in [0.29, 0.717) is 28.3 Å². The van der Waals surface area contributed by atoms with Crippen LogP contribution in [-0.4, -0.2) is 41.8 Å². The van der Waals surface area contributed by atoms with Crippen molar-refractivity contribution in [3.63, 3.8) is 0 Å². The summed E-state index contributed by atoms with van der Waals surface area (Å²) in [6, 6.07) is 18.9. The number of aromatic amines is 1. The Hall–Kier alpha value is -4.15. The maximum absolute atomic E-state index is 12.5. The molecule has 0 bridgehead atoms. The van der Waals surface area contributed by atoms with Gasteiger partial charge in [0.2, 0.25) is 11.6 Å². The SMILES string of the molecule is Cn1/c(=N\c2ccc(OC3CCCC3)cc2)n(Cc2ccc(C(=O)Nc3nnn[nH]3)cc2)c2cc(Cl)c(Cl)cc21. The van der Waals surface area contributed by atoms with Crippen molar-refractivity contribution >= 4 is 51.8 Å². The fraction of sp³-hybridized carbons (Fsp3) is 0.250. The Morgan fingerprint density at radius 2 is 1.75 bits per heavy atom. The van der Waals surface area contributed by atoms with E-state index >= 15 is 0 Å². The summed E-state index contributed by atoms with van der Waals surface area (Å²) < 4.78 is 10.2. The van der Waals surface area contributed by atoms with E-state index in [1.807, 2.05) is 60.1 Å². The van der Waals surface area contributed by atoms with Crippen LogP contribution >= 0.6 is 23.2 Å². The Morgan fingerprint density at radius 3 is 2.42 bits per heavy atom. The van der Waals surface area contributed by atoms with Gasteiger partial charge in [-0.25, -0.2) is 10.1 Å². The normalized spacial score (nSPS) is 14.2. The Bertz CT molecular complexity index is 1720. The lowest BCUT2D eigenvalue weighted by Crippen LogP contribution is -2.24. The lowest BCUT2D eigenvalue weighted by Gasteiger charge is -2.12. The van der Waals surface area contributed by atoms with Gasteiger partial charge >= 0.3 is 0 Å². The number of tetrazole rings is 1. The molecule has 0 saturated heterocycles. The maximum atomic E-state index is 12.5. The minimum Gasteiger partial charge on any atom is -0.490 e. The molecule has 0 spiro atoms. The lowest BCUT2D eigenvalue weighted by atomic mass is 10.1. The van der Waals surface area contributed by atoms with Crippen molar-refractivity contribution in [1.82, 2.24) is 29.8 Å². The summed E-state index contributed by atoms with van der Waals surface area (Å²) >= 11 is 12.8. The minimum atomic E-state index is -0.319. The monoisotopic (exact) mass is 576 g/mol. The van der Waals surface area contributed by atoms with Gasteiger partial charge in [-0.05, 0) is 90.2 Å². The average molecular weight is 577 g/mol. The number of ether oxygens (including phenoxy) is 1. The van der Waals surface area contributed by atoms with Crippen molar-refractivity contribution in [2.75, 3.05) is 5.32 Å². The van der Waals surface area contributed by atoms with Crippen molar-refractivity contribution in [1.29, 1.82) is 0 Å². The third-order valence-corrected chi connectivity index (χ3v) is 7.74. The summed E-state index contributed by atoms with van der Waals surface area (Å²) in [6.07, 6.45) is 4.97. The standard InChI is InChI=1S/C28H26Cl2N8O2/c1-37-24-14-22(29)23(30)15-25(24)38(16-17-6-8-18(9-7-17)26(39)32-27-33-35-36-34-27)28(37)31-19-10-12-21(13-11-19)40-20-4-2-3-5-20/h6-15,20H,2-5,16H2,1H3,(H2,32,33,34,35,36,39)/b31-28+. The molecule has 0 radical (unpaired) electrons. The second-order valence-corrected chi connectivity index (χ2v) is 10.5. The van der Waals surface area contributed by atoms with Crippen LogP contribution in [0.5, 0.6) is 5.75 Å². The van der Waals surface area contributed by atoms with Gasteiger partial charge in [0.25, 0.3) is 5.91 Å². The van der Waals surface area contributed by atoms with Crippen molar-refractivity contribution in [2.45, 2.75) is 38.3 Å². The van der Waals surface area contributed by atoms with Crippen LogP contribution in [0.3, 0.4) is 0 Å². The molecule has 1 fully saturated rings. The molecule has 40 heavy (non-hydrogen) atoms. The van der Waals surface area contributed by atoms with Gasteiger partial charge in [-0.15, -0.1) is 0 Å². The van der Waals surface area contributed by atoms with Gasteiger partial charge in [-0.1, -0.05) is 40.4 Å². The van der Waals surface area contributed by atoms with Crippen LogP contribution in [-0.2, 0) is 13.6 Å². The number of benzene rings is 3. The Labute approximate surface area is 239 Å². The van der Waals surface area contributed by atoms with Gasteiger partial charge in [0.15, 0.2) is 0 Å². The fourth-order valence-electron chi connectivity index (χ4n) is 4.95. The summed E-state index contributed by atoms with van der Waals surface area (Å²) in [4.78, 5) is 17.5. The van der Waals surface area contributed by atoms with Gasteiger partial charge in [-0.2, -0.15) is 0 Å². The number of anilines is 1. The maximum Gasteiger partial charge on any atom is 0.258 e. The smallest absolute Gasteiger partial charge is 0.258 e. The third-order valence-electron chi connectivity index (χ3n) is 7.02. The molecule has 204 valence electrons. The van der Waals surface area contributed by atoms with E-state index in [2.05, 4.69) is 30.5 Å². The molecule has 6 rings (SSSR count). The van der Waals surface area contributed by atoms with Gasteiger partial charge in [0.1, 0.15) is 5.75 Å². The lowest BCUT2D eigenvalue weighted by molar-refractivity contribution is 0.102. The van der Waals surface area contributed by atoms with Crippen LogP contribution in [0.1, 0.15) is 41.6 Å². The fourth-order valence-corrected chi connectivity index (χ4v) is 5.26. The number of halogens is 2. The summed E-state index contributed by atoms with van der Waals surface area (Å²) in [5, 5.41) is 16.7. The number of aryl methyl sites for hydroxylation is 1. The largest absolute Gasteiger partial charge is 0.490 e. The first-order valence-corrected chi connectivity index (χ1v) is 13.7. The molecular weight excluding hydrogens is 551 g/mol. The van der Waals surface area contributed by atoms with E-state index in [9.17, 15) is 4.79 Å². The molecule has 10 nitrogen and oxygen atoms in total. The Balaban J connectivity index is 1.33. The molecule has 1 amide bonds. The number of imidazole rings is 1. The number of rotatable bonds is 7. The first-order valence-electron chi connectivity index (χ1n) is 12.9. The quantitative estimate of drug-likeness (QED) is 0.259. The van der Waals surface area contributed by atoms with Gasteiger partial charge in [0.05, 0.1) is 39.4 Å². The van der Waals surface area contributed by atoms with Gasteiger partial charge in [-0.3, -0.25) is 10.1 Å². The Kier molecular flexibility index (Phi) is 7.27. The number of fused-ring (bicyclic) bond motifs is 1. The van der Waals surface area contributed by atoms with Crippen molar-refractivity contribution < 1.29 is 9.53 Å². The molecule has 2 N–H and O–H groups in total. The second kappa shape index (κ2) is 11.1. The molecule has 0 atom stereocenters. The number of nitrogens with zero attached hydrogens (tertiary/aromatic N) is 6. The van der Waals surface area contributed by atoms with Crippen molar-refractivity contribution in [2.24, 2.45) is 12.0 Å². The van der Waals surface area contributed by atoms with Crippen molar-refractivity contribution in [3.05, 3.63) is 87.5 Å². The van der Waals surface area contributed by atoms with Crippen LogP contribution in [0.2, 0.25) is 10.0 Å². The first-order chi connectivity index (χ1) is 19.4. The van der Waals surface area contributed by atoms with E-state index in [4.69, 9.17) is 32.9 Å². The van der Waals surface area contributed by atoms with Crippen molar-refractivity contribution in [3.8, 4) is 5.75 Å². The molecule has 1 saturated carbocycles. The zero-order chi connectivity index (χ0) is 27.6. The minimum absolute atomic E-state index is 0.181. The van der Waals surface area contributed by atoms with E-state index in [1.165, 1.54) is 12.8 Å². The number of nitrogens with one attached hydrogen (secondary N) is 2. The second-order valence-electron chi connectivity index (χ2n) is 9.73. The van der Waals surface area contributed by atoms with Crippen LogP contribution in [0.15, 0.2) is 65.7 Å². The highest BCUT2D eigenvalue weighted by molar-refractivity contribution is 6.42. The molecule has 1 aliphatic rings. The number of H-pyrrole nitrogens is 1. The molecule has 1 aliphatic carbocycles. The van der Waals surface area contributed by atoms with E-state index in [-0.39, 0.29) is 11.9 Å². The highest BCUT2D eigenvalue weighted by atomic mass is 35.5. The number of hydrogen-bond donors (Lipinski definition) is 2. The molecule has 0 unspecified atom stereocenters. The van der Waals surface area contributed by atoms with E-state index in [0.717, 1.165) is 46.5 Å². The summed E-state index contributed by atoms with van der Waals surface area (Å²) in [7, 11) is 1.95. The van der Waals surface area contributed by atoms with Crippen LogP contribution in [0, 0.1) is 0 Å². The highest BCUT2D eigenvalue weighted by Crippen LogP contribution is 2.29. The van der Waals surface area contributed by atoms with E-state index in [1.54, 1.807) is 12.1 Å². The molecule has 2 aromatic heterocycles. The molecule has 3 aromatic carbocycles. The molecule has 5 aromatic rings.